The van der Waals surface area contributed by atoms with Gasteiger partial charge in [-0.15, -0.1) is 0 Å². The van der Waals surface area contributed by atoms with Crippen LogP contribution in [0.3, 0.4) is 0 Å². The number of pyridine rings is 1. The van der Waals surface area contributed by atoms with E-state index in [9.17, 15) is 10.1 Å². The number of nitrogens with zero attached hydrogens (tertiary/aromatic N) is 2. The third-order valence-electron chi connectivity index (χ3n) is 2.70. The van der Waals surface area contributed by atoms with Crippen molar-refractivity contribution in [2.24, 2.45) is 0 Å². The van der Waals surface area contributed by atoms with Gasteiger partial charge >= 0.3 is 0 Å². The monoisotopic (exact) mass is 336 g/mol. The van der Waals surface area contributed by atoms with Crippen molar-refractivity contribution in [3.05, 3.63) is 68.4 Å². The number of benzene rings is 1. The molecule has 0 radical (unpaired) electrons. The Bertz CT molecular complexity index is 590. The molecule has 1 heterocycles. The molecule has 0 atom stereocenters. The van der Waals surface area contributed by atoms with Gasteiger partial charge in [0.2, 0.25) is 0 Å². The van der Waals surface area contributed by atoms with Crippen molar-refractivity contribution in [3.8, 4) is 0 Å². The molecule has 0 N–H and O–H groups in total. The van der Waals surface area contributed by atoms with Gasteiger partial charge in [0.05, 0.1) is 22.6 Å². The fourth-order valence-electron chi connectivity index (χ4n) is 1.70. The number of ether oxygens (including phenoxy) is 1. The first-order chi connectivity index (χ1) is 9.66. The molecule has 1 aromatic carbocycles. The molecular formula is C14H13BrN2O3. The normalized spacial score (nSPS) is 10.4. The third kappa shape index (κ3) is 4.11. The Kier molecular flexibility index (Phi) is 5.20. The van der Waals surface area contributed by atoms with Crippen LogP contribution in [0.15, 0.2) is 47.1 Å². The quantitative estimate of drug-likeness (QED) is 0.460. The van der Waals surface area contributed by atoms with Gasteiger partial charge in [-0.3, -0.25) is 15.1 Å². The van der Waals surface area contributed by atoms with Crippen molar-refractivity contribution in [1.82, 2.24) is 4.98 Å². The van der Waals surface area contributed by atoms with Crippen molar-refractivity contribution in [2.45, 2.75) is 13.0 Å². The van der Waals surface area contributed by atoms with E-state index >= 15 is 0 Å². The Morgan fingerprint density at radius 1 is 1.30 bits per heavy atom. The summed E-state index contributed by atoms with van der Waals surface area (Å²) in [6, 6.07) is 10.7. The molecule has 0 spiro atoms. The first kappa shape index (κ1) is 14.6. The SMILES string of the molecule is O=[N+]([O-])c1cc(COCCc2ccccn2)ccc1Br. The molecule has 0 saturated heterocycles. The molecule has 104 valence electrons. The lowest BCUT2D eigenvalue weighted by Gasteiger charge is -2.05. The Morgan fingerprint density at radius 3 is 2.85 bits per heavy atom. The van der Waals surface area contributed by atoms with Gasteiger partial charge in [0.15, 0.2) is 0 Å². The second kappa shape index (κ2) is 7.12. The Labute approximate surface area is 124 Å². The molecule has 5 nitrogen and oxygen atoms in total. The van der Waals surface area contributed by atoms with Crippen LogP contribution in [-0.4, -0.2) is 16.5 Å². The molecule has 1 aromatic heterocycles. The molecular weight excluding hydrogens is 324 g/mol. The lowest BCUT2D eigenvalue weighted by atomic mass is 10.2. The number of hydrogen-bond acceptors (Lipinski definition) is 4. The van der Waals surface area contributed by atoms with Gasteiger partial charge in [-0.1, -0.05) is 12.1 Å². The maximum atomic E-state index is 10.8. The zero-order chi connectivity index (χ0) is 14.4. The Balaban J connectivity index is 1.85. The van der Waals surface area contributed by atoms with Crippen LogP contribution in [0, 0.1) is 10.1 Å². The van der Waals surface area contributed by atoms with Crippen LogP contribution in [0.1, 0.15) is 11.3 Å². The average molecular weight is 337 g/mol. The maximum Gasteiger partial charge on any atom is 0.283 e. The Hall–Kier alpha value is -1.79. The zero-order valence-corrected chi connectivity index (χ0v) is 12.2. The lowest BCUT2D eigenvalue weighted by molar-refractivity contribution is -0.385. The van der Waals surface area contributed by atoms with Crippen LogP contribution in [0.4, 0.5) is 5.69 Å². The molecule has 0 aliphatic heterocycles. The third-order valence-corrected chi connectivity index (χ3v) is 3.38. The molecule has 0 saturated carbocycles. The van der Waals surface area contributed by atoms with Gasteiger partial charge in [0, 0.05) is 24.4 Å². The van der Waals surface area contributed by atoms with Gasteiger partial charge in [0.1, 0.15) is 0 Å². The fraction of sp³-hybridized carbons (Fsp3) is 0.214. The summed E-state index contributed by atoms with van der Waals surface area (Å²) in [5.74, 6) is 0. The summed E-state index contributed by atoms with van der Waals surface area (Å²) >= 11 is 3.15. The topological polar surface area (TPSA) is 65.3 Å². The number of nitro benzene ring substituents is 1. The number of nitro groups is 1. The van der Waals surface area contributed by atoms with Crippen molar-refractivity contribution >= 4 is 21.6 Å². The molecule has 0 aliphatic carbocycles. The molecule has 0 aliphatic rings. The predicted octanol–water partition coefficient (Wildman–Crippen LogP) is 3.51. The molecule has 0 bridgehead atoms. The summed E-state index contributed by atoms with van der Waals surface area (Å²) < 4.78 is 5.99. The van der Waals surface area contributed by atoms with Crippen LogP contribution in [0.25, 0.3) is 0 Å². The molecule has 6 heteroatoms. The van der Waals surface area contributed by atoms with Crippen LogP contribution in [-0.2, 0) is 17.8 Å². The predicted molar refractivity (Wildman–Crippen MR) is 78.4 cm³/mol. The van der Waals surface area contributed by atoms with E-state index < -0.39 is 4.92 Å². The summed E-state index contributed by atoms with van der Waals surface area (Å²) in [5.41, 5.74) is 1.80. The number of hydrogen-bond donors (Lipinski definition) is 0. The van der Waals surface area contributed by atoms with E-state index in [0.717, 1.165) is 17.7 Å². The van der Waals surface area contributed by atoms with Crippen molar-refractivity contribution in [1.29, 1.82) is 0 Å². The minimum Gasteiger partial charge on any atom is -0.376 e. The highest BCUT2D eigenvalue weighted by Gasteiger charge is 2.12. The zero-order valence-electron chi connectivity index (χ0n) is 10.7. The number of halogens is 1. The average Bonchev–Trinajstić information content (AvgIpc) is 2.46. The standard InChI is InChI=1S/C14H13BrN2O3/c15-13-5-4-11(9-14(13)17(18)19)10-20-8-6-12-3-1-2-7-16-12/h1-5,7,9H,6,8,10H2. The van der Waals surface area contributed by atoms with Gasteiger partial charge < -0.3 is 4.74 Å². The van der Waals surface area contributed by atoms with E-state index in [1.807, 2.05) is 18.2 Å². The molecule has 0 fully saturated rings. The molecule has 0 amide bonds. The first-order valence-electron chi connectivity index (χ1n) is 6.07. The summed E-state index contributed by atoms with van der Waals surface area (Å²) in [6.07, 6.45) is 2.47. The van der Waals surface area contributed by atoms with Crippen LogP contribution in [0.2, 0.25) is 0 Å². The van der Waals surface area contributed by atoms with E-state index in [0.29, 0.717) is 17.7 Å². The second-order valence-electron chi connectivity index (χ2n) is 4.17. The number of aromatic nitrogens is 1. The largest absolute Gasteiger partial charge is 0.376 e. The first-order valence-corrected chi connectivity index (χ1v) is 6.86. The van der Waals surface area contributed by atoms with Gasteiger partial charge in [-0.25, -0.2) is 0 Å². The van der Waals surface area contributed by atoms with E-state index in [2.05, 4.69) is 20.9 Å². The minimum absolute atomic E-state index is 0.0517. The molecule has 2 rings (SSSR count). The van der Waals surface area contributed by atoms with Crippen molar-refractivity contribution in [2.75, 3.05) is 6.61 Å². The second-order valence-corrected chi connectivity index (χ2v) is 5.02. The summed E-state index contributed by atoms with van der Waals surface area (Å²) in [7, 11) is 0. The van der Waals surface area contributed by atoms with Crippen LogP contribution >= 0.6 is 15.9 Å². The molecule has 20 heavy (non-hydrogen) atoms. The fourth-order valence-corrected chi connectivity index (χ4v) is 2.09. The van der Waals surface area contributed by atoms with Crippen molar-refractivity contribution < 1.29 is 9.66 Å². The van der Waals surface area contributed by atoms with Gasteiger partial charge in [0.25, 0.3) is 5.69 Å². The van der Waals surface area contributed by atoms with Gasteiger partial charge in [-0.2, -0.15) is 0 Å². The lowest BCUT2D eigenvalue weighted by Crippen LogP contribution is -2.01. The highest BCUT2D eigenvalue weighted by atomic mass is 79.9. The van der Waals surface area contributed by atoms with E-state index in [1.165, 1.54) is 6.07 Å². The van der Waals surface area contributed by atoms with E-state index in [4.69, 9.17) is 4.74 Å². The van der Waals surface area contributed by atoms with E-state index in [-0.39, 0.29) is 5.69 Å². The minimum atomic E-state index is -0.415. The van der Waals surface area contributed by atoms with E-state index in [1.54, 1.807) is 18.3 Å². The molecule has 0 unspecified atom stereocenters. The highest BCUT2D eigenvalue weighted by Crippen LogP contribution is 2.25. The van der Waals surface area contributed by atoms with Gasteiger partial charge in [-0.05, 0) is 39.7 Å². The maximum absolute atomic E-state index is 10.8. The summed E-state index contributed by atoms with van der Waals surface area (Å²) in [6.45, 7) is 0.877. The smallest absolute Gasteiger partial charge is 0.283 e. The summed E-state index contributed by atoms with van der Waals surface area (Å²) in [4.78, 5) is 14.6. The van der Waals surface area contributed by atoms with Crippen molar-refractivity contribution in [3.63, 3.8) is 0 Å². The summed E-state index contributed by atoms with van der Waals surface area (Å²) in [5, 5.41) is 10.8. The van der Waals surface area contributed by atoms with Crippen LogP contribution < -0.4 is 0 Å². The highest BCUT2D eigenvalue weighted by molar-refractivity contribution is 9.10. The number of rotatable bonds is 6. The molecule has 2 aromatic rings. The van der Waals surface area contributed by atoms with Crippen LogP contribution in [0.5, 0.6) is 0 Å². The Morgan fingerprint density at radius 2 is 2.15 bits per heavy atom.